The van der Waals surface area contributed by atoms with Crippen LogP contribution in [0.5, 0.6) is 5.75 Å². The number of aliphatic hydroxyl groups is 1. The zero-order chi connectivity index (χ0) is 13.2. The van der Waals surface area contributed by atoms with Crippen molar-refractivity contribution in [2.45, 2.75) is 18.4 Å². The summed E-state index contributed by atoms with van der Waals surface area (Å²) >= 11 is 5.75. The molecule has 2 N–H and O–H groups in total. The topological polar surface area (TPSA) is 58.6 Å². The monoisotopic (exact) mass is 273 g/mol. The summed E-state index contributed by atoms with van der Waals surface area (Å²) in [6, 6.07) is 3.68. The van der Waals surface area contributed by atoms with Gasteiger partial charge in [0.05, 0.1) is 17.2 Å². The van der Waals surface area contributed by atoms with Gasteiger partial charge in [-0.25, -0.2) is 4.39 Å². The van der Waals surface area contributed by atoms with Crippen LogP contribution in [0.4, 0.5) is 4.39 Å². The van der Waals surface area contributed by atoms with Crippen molar-refractivity contribution in [1.29, 1.82) is 0 Å². The summed E-state index contributed by atoms with van der Waals surface area (Å²) in [6.45, 7) is -0.289. The normalized spacial score (nSPS) is 16.2. The Morgan fingerprint density at radius 3 is 2.83 bits per heavy atom. The van der Waals surface area contributed by atoms with Crippen molar-refractivity contribution in [1.82, 2.24) is 5.32 Å². The maximum atomic E-state index is 12.8. The molecule has 0 spiro atoms. The first kappa shape index (κ1) is 13.1. The van der Waals surface area contributed by atoms with Gasteiger partial charge in [0.15, 0.2) is 6.61 Å². The number of benzene rings is 1. The summed E-state index contributed by atoms with van der Waals surface area (Å²) in [5.74, 6) is -0.544. The molecule has 0 heterocycles. The molecule has 1 saturated carbocycles. The number of hydrogen-bond donors (Lipinski definition) is 2. The van der Waals surface area contributed by atoms with Crippen molar-refractivity contribution in [3.05, 3.63) is 29.0 Å². The average Bonchev–Trinajstić information content (AvgIpc) is 3.08. The number of carbonyl (C=O) groups is 1. The highest BCUT2D eigenvalue weighted by Crippen LogP contribution is 2.34. The fourth-order valence-electron chi connectivity index (χ4n) is 1.54. The van der Waals surface area contributed by atoms with Crippen LogP contribution < -0.4 is 10.1 Å². The molecule has 0 saturated heterocycles. The molecular formula is C12H13ClFNO3. The molecule has 1 aliphatic rings. The quantitative estimate of drug-likeness (QED) is 0.855. The van der Waals surface area contributed by atoms with Gasteiger partial charge >= 0.3 is 0 Å². The molecule has 0 atom stereocenters. The van der Waals surface area contributed by atoms with E-state index in [-0.39, 0.29) is 29.9 Å². The van der Waals surface area contributed by atoms with Gasteiger partial charge in [0.25, 0.3) is 5.91 Å². The van der Waals surface area contributed by atoms with E-state index < -0.39 is 11.4 Å². The molecule has 18 heavy (non-hydrogen) atoms. The van der Waals surface area contributed by atoms with Crippen LogP contribution >= 0.6 is 11.6 Å². The molecule has 98 valence electrons. The van der Waals surface area contributed by atoms with Crippen molar-refractivity contribution >= 4 is 17.5 Å². The SMILES string of the molecule is O=C(COc1ccc(F)cc1Cl)NC1(CO)CC1. The first-order valence-corrected chi connectivity index (χ1v) is 5.92. The number of nitrogens with one attached hydrogen (secondary N) is 1. The minimum absolute atomic E-state index is 0.0734. The van der Waals surface area contributed by atoms with Gasteiger partial charge in [0.1, 0.15) is 11.6 Å². The zero-order valence-electron chi connectivity index (χ0n) is 9.58. The van der Waals surface area contributed by atoms with E-state index >= 15 is 0 Å². The molecule has 1 aliphatic carbocycles. The van der Waals surface area contributed by atoms with E-state index in [1.807, 2.05) is 0 Å². The third kappa shape index (κ3) is 3.11. The predicted molar refractivity (Wildman–Crippen MR) is 64.1 cm³/mol. The molecule has 0 aromatic heterocycles. The summed E-state index contributed by atoms with van der Waals surface area (Å²) in [5.41, 5.74) is -0.465. The lowest BCUT2D eigenvalue weighted by atomic mass is 10.3. The third-order valence-corrected chi connectivity index (χ3v) is 3.11. The summed E-state index contributed by atoms with van der Waals surface area (Å²) in [7, 11) is 0. The van der Waals surface area contributed by atoms with Crippen LogP contribution in [0.3, 0.4) is 0 Å². The van der Waals surface area contributed by atoms with Gasteiger partial charge in [-0.1, -0.05) is 11.6 Å². The highest BCUT2D eigenvalue weighted by Gasteiger charge is 2.43. The lowest BCUT2D eigenvalue weighted by molar-refractivity contribution is -0.124. The summed E-state index contributed by atoms with van der Waals surface area (Å²) in [5, 5.41) is 11.9. The molecule has 4 nitrogen and oxygen atoms in total. The minimum Gasteiger partial charge on any atom is -0.482 e. The smallest absolute Gasteiger partial charge is 0.258 e. The number of carbonyl (C=O) groups excluding carboxylic acids is 1. The van der Waals surface area contributed by atoms with Gasteiger partial charge in [-0.2, -0.15) is 0 Å². The Morgan fingerprint density at radius 1 is 1.56 bits per heavy atom. The fraction of sp³-hybridized carbons (Fsp3) is 0.417. The minimum atomic E-state index is -0.465. The lowest BCUT2D eigenvalue weighted by Crippen LogP contribution is -2.42. The van der Waals surface area contributed by atoms with E-state index in [9.17, 15) is 9.18 Å². The van der Waals surface area contributed by atoms with Gasteiger partial charge in [-0.15, -0.1) is 0 Å². The molecule has 0 aliphatic heterocycles. The molecule has 2 rings (SSSR count). The third-order valence-electron chi connectivity index (χ3n) is 2.81. The number of rotatable bonds is 5. The molecule has 1 aromatic carbocycles. The Hall–Kier alpha value is -1.33. The Kier molecular flexibility index (Phi) is 3.73. The number of halogens is 2. The number of ether oxygens (including phenoxy) is 1. The second-order valence-electron chi connectivity index (χ2n) is 4.35. The number of aliphatic hydroxyl groups excluding tert-OH is 1. The van der Waals surface area contributed by atoms with Crippen LogP contribution in [-0.4, -0.2) is 29.8 Å². The van der Waals surface area contributed by atoms with E-state index in [0.29, 0.717) is 0 Å². The van der Waals surface area contributed by atoms with E-state index in [2.05, 4.69) is 5.32 Å². The zero-order valence-corrected chi connectivity index (χ0v) is 10.3. The highest BCUT2D eigenvalue weighted by atomic mass is 35.5. The van der Waals surface area contributed by atoms with Gasteiger partial charge in [-0.3, -0.25) is 4.79 Å². The molecule has 1 aromatic rings. The molecule has 0 bridgehead atoms. The van der Waals surface area contributed by atoms with Crippen LogP contribution in [0.2, 0.25) is 5.02 Å². The van der Waals surface area contributed by atoms with E-state index in [1.165, 1.54) is 12.1 Å². The molecule has 0 unspecified atom stereocenters. The largest absolute Gasteiger partial charge is 0.482 e. The number of hydrogen-bond acceptors (Lipinski definition) is 3. The molecule has 0 radical (unpaired) electrons. The van der Waals surface area contributed by atoms with Crippen LogP contribution in [0.25, 0.3) is 0 Å². The van der Waals surface area contributed by atoms with Crippen molar-refractivity contribution < 1.29 is 19.0 Å². The Bertz CT molecular complexity index is 463. The van der Waals surface area contributed by atoms with Crippen LogP contribution in [0, 0.1) is 5.82 Å². The van der Waals surface area contributed by atoms with Crippen molar-refractivity contribution in [3.8, 4) is 5.75 Å². The Morgan fingerprint density at radius 2 is 2.28 bits per heavy atom. The maximum Gasteiger partial charge on any atom is 0.258 e. The van der Waals surface area contributed by atoms with E-state index in [0.717, 1.165) is 18.9 Å². The van der Waals surface area contributed by atoms with Crippen LogP contribution in [0.15, 0.2) is 18.2 Å². The van der Waals surface area contributed by atoms with Crippen LogP contribution in [0.1, 0.15) is 12.8 Å². The summed E-state index contributed by atoms with van der Waals surface area (Å²) in [4.78, 5) is 11.5. The Labute approximate surface area is 109 Å². The number of amides is 1. The maximum absolute atomic E-state index is 12.8. The first-order valence-electron chi connectivity index (χ1n) is 5.54. The summed E-state index contributed by atoms with van der Waals surface area (Å²) in [6.07, 6.45) is 1.54. The highest BCUT2D eigenvalue weighted by molar-refractivity contribution is 6.32. The standard InChI is InChI=1S/C12H13ClFNO3/c13-9-5-8(14)1-2-10(9)18-6-11(17)15-12(7-16)3-4-12/h1-2,5,16H,3-4,6-7H2,(H,15,17). The van der Waals surface area contributed by atoms with Gasteiger partial charge in [0.2, 0.25) is 0 Å². The average molecular weight is 274 g/mol. The molecule has 1 amide bonds. The van der Waals surface area contributed by atoms with Crippen molar-refractivity contribution in [2.24, 2.45) is 0 Å². The fourth-order valence-corrected chi connectivity index (χ4v) is 1.76. The van der Waals surface area contributed by atoms with E-state index in [4.69, 9.17) is 21.4 Å². The second-order valence-corrected chi connectivity index (χ2v) is 4.76. The van der Waals surface area contributed by atoms with Gasteiger partial charge in [0, 0.05) is 0 Å². The van der Waals surface area contributed by atoms with Crippen molar-refractivity contribution in [3.63, 3.8) is 0 Å². The van der Waals surface area contributed by atoms with Crippen molar-refractivity contribution in [2.75, 3.05) is 13.2 Å². The molecule has 1 fully saturated rings. The Balaban J connectivity index is 1.85. The predicted octanol–water partition coefficient (Wildman–Crippen LogP) is 1.50. The van der Waals surface area contributed by atoms with E-state index in [1.54, 1.807) is 0 Å². The van der Waals surface area contributed by atoms with Crippen LogP contribution in [-0.2, 0) is 4.79 Å². The summed E-state index contributed by atoms with van der Waals surface area (Å²) < 4.78 is 18.0. The van der Waals surface area contributed by atoms with Gasteiger partial charge < -0.3 is 15.2 Å². The van der Waals surface area contributed by atoms with Gasteiger partial charge in [-0.05, 0) is 31.0 Å². The lowest BCUT2D eigenvalue weighted by Gasteiger charge is -2.14. The first-order chi connectivity index (χ1) is 8.54. The second kappa shape index (κ2) is 5.12. The molecule has 6 heteroatoms. The molecular weight excluding hydrogens is 261 g/mol.